The molecule has 8 heteroatoms. The molecule has 0 radical (unpaired) electrons. The van der Waals surface area contributed by atoms with Crippen molar-refractivity contribution in [2.45, 2.75) is 39.5 Å². The normalized spacial score (nSPS) is 16.8. The summed E-state index contributed by atoms with van der Waals surface area (Å²) in [4.78, 5) is 32.4. The highest BCUT2D eigenvalue weighted by molar-refractivity contribution is 6.46. The molecule has 1 aliphatic rings. The number of carbonyl (C=O) groups is 2. The van der Waals surface area contributed by atoms with Crippen LogP contribution in [0.25, 0.3) is 5.76 Å². The van der Waals surface area contributed by atoms with Crippen LogP contribution in [0.4, 0.5) is 0 Å². The maximum absolute atomic E-state index is 13.5. The van der Waals surface area contributed by atoms with Gasteiger partial charge in [0, 0.05) is 30.1 Å². The van der Waals surface area contributed by atoms with Gasteiger partial charge in [0.1, 0.15) is 23.0 Å². The molecular formula is C29H30N2O6. The van der Waals surface area contributed by atoms with E-state index in [1.165, 1.54) is 19.1 Å². The number of benzene rings is 2. The number of pyridine rings is 1. The van der Waals surface area contributed by atoms with E-state index in [9.17, 15) is 14.7 Å². The van der Waals surface area contributed by atoms with Crippen molar-refractivity contribution in [2.24, 2.45) is 0 Å². The Morgan fingerprint density at radius 2 is 1.81 bits per heavy atom. The van der Waals surface area contributed by atoms with Crippen LogP contribution in [0.15, 0.2) is 66.5 Å². The third-order valence-electron chi connectivity index (χ3n) is 6.17. The molecular weight excluding hydrogens is 472 g/mol. The maximum atomic E-state index is 13.5. The molecule has 1 saturated heterocycles. The summed E-state index contributed by atoms with van der Waals surface area (Å²) in [6, 6.07) is 13.0. The number of methoxy groups -OCH3 is 2. The summed E-state index contributed by atoms with van der Waals surface area (Å²) in [6.45, 7) is 5.78. The number of likely N-dealkylation sites (tertiary alicyclic amines) is 1. The number of aliphatic hydroxyl groups excluding tert-OH is 1. The smallest absolute Gasteiger partial charge is 0.295 e. The Bertz CT molecular complexity index is 1350. The first-order chi connectivity index (χ1) is 17.7. The first-order valence-corrected chi connectivity index (χ1v) is 11.9. The minimum absolute atomic E-state index is 0.0165. The lowest BCUT2D eigenvalue weighted by atomic mass is 9.93. The number of nitrogens with zero attached hydrogens (tertiary/aromatic N) is 2. The van der Waals surface area contributed by atoms with Crippen molar-refractivity contribution in [3.63, 3.8) is 0 Å². The van der Waals surface area contributed by atoms with E-state index < -0.39 is 17.7 Å². The molecule has 1 fully saturated rings. The van der Waals surface area contributed by atoms with Crippen LogP contribution in [-0.2, 0) is 16.1 Å². The monoisotopic (exact) mass is 502 g/mol. The van der Waals surface area contributed by atoms with E-state index in [0.717, 1.165) is 5.56 Å². The molecule has 1 N–H and O–H groups in total. The number of aliphatic hydroxyl groups is 1. The summed E-state index contributed by atoms with van der Waals surface area (Å²) in [7, 11) is 3.04. The summed E-state index contributed by atoms with van der Waals surface area (Å²) in [6.07, 6.45) is 3.25. The Balaban J connectivity index is 1.91. The maximum Gasteiger partial charge on any atom is 0.295 e. The van der Waals surface area contributed by atoms with Gasteiger partial charge in [0.05, 0.1) is 31.9 Å². The Hall–Kier alpha value is -4.33. The molecule has 37 heavy (non-hydrogen) atoms. The first kappa shape index (κ1) is 25.8. The average molecular weight is 503 g/mol. The molecule has 192 valence electrons. The summed E-state index contributed by atoms with van der Waals surface area (Å²) in [5, 5.41) is 11.5. The zero-order valence-electron chi connectivity index (χ0n) is 21.5. The molecule has 1 aliphatic heterocycles. The second-order valence-corrected chi connectivity index (χ2v) is 9.04. The van der Waals surface area contributed by atoms with E-state index in [2.05, 4.69) is 4.98 Å². The van der Waals surface area contributed by atoms with E-state index >= 15 is 0 Å². The van der Waals surface area contributed by atoms with E-state index in [1.54, 1.807) is 54.9 Å². The molecule has 0 bridgehead atoms. The lowest BCUT2D eigenvalue weighted by Crippen LogP contribution is -2.29. The number of amides is 1. The molecule has 2 heterocycles. The zero-order chi connectivity index (χ0) is 26.7. The highest BCUT2D eigenvalue weighted by Gasteiger charge is 2.47. The van der Waals surface area contributed by atoms with Gasteiger partial charge in [-0.1, -0.05) is 6.07 Å². The van der Waals surface area contributed by atoms with Gasteiger partial charge in [0.15, 0.2) is 0 Å². The number of ether oxygens (including phenoxy) is 3. The number of ketones is 1. The Labute approximate surface area is 216 Å². The van der Waals surface area contributed by atoms with Crippen LogP contribution >= 0.6 is 0 Å². The van der Waals surface area contributed by atoms with Crippen LogP contribution in [0.2, 0.25) is 0 Å². The Morgan fingerprint density at radius 3 is 2.43 bits per heavy atom. The van der Waals surface area contributed by atoms with E-state index in [0.29, 0.717) is 33.9 Å². The van der Waals surface area contributed by atoms with Crippen LogP contribution in [-0.4, -0.2) is 47.0 Å². The van der Waals surface area contributed by atoms with Gasteiger partial charge in [-0.25, -0.2) is 0 Å². The zero-order valence-corrected chi connectivity index (χ0v) is 21.5. The molecule has 3 aromatic rings. The van der Waals surface area contributed by atoms with Crippen LogP contribution in [0.1, 0.15) is 42.1 Å². The fourth-order valence-corrected chi connectivity index (χ4v) is 4.50. The Kier molecular flexibility index (Phi) is 7.47. The van der Waals surface area contributed by atoms with Crippen molar-refractivity contribution in [1.29, 1.82) is 0 Å². The van der Waals surface area contributed by atoms with Gasteiger partial charge in [-0.2, -0.15) is 0 Å². The van der Waals surface area contributed by atoms with Crippen molar-refractivity contribution in [3.8, 4) is 17.2 Å². The van der Waals surface area contributed by atoms with E-state index in [4.69, 9.17) is 14.2 Å². The molecule has 1 unspecified atom stereocenters. The van der Waals surface area contributed by atoms with Gasteiger partial charge < -0.3 is 24.2 Å². The predicted octanol–water partition coefficient (Wildman–Crippen LogP) is 4.82. The van der Waals surface area contributed by atoms with Crippen molar-refractivity contribution in [1.82, 2.24) is 9.88 Å². The highest BCUT2D eigenvalue weighted by atomic mass is 16.5. The van der Waals surface area contributed by atoms with Gasteiger partial charge in [-0.3, -0.25) is 14.6 Å². The number of Topliss-reactive ketones (excluding diaryl/α,β-unsaturated/α-hetero) is 1. The second kappa shape index (κ2) is 10.7. The largest absolute Gasteiger partial charge is 0.507 e. The molecule has 8 nitrogen and oxygen atoms in total. The van der Waals surface area contributed by atoms with Crippen molar-refractivity contribution in [2.75, 3.05) is 14.2 Å². The Morgan fingerprint density at radius 1 is 1.05 bits per heavy atom. The lowest BCUT2D eigenvalue weighted by Gasteiger charge is -2.27. The lowest BCUT2D eigenvalue weighted by molar-refractivity contribution is -0.140. The first-order valence-electron chi connectivity index (χ1n) is 11.9. The van der Waals surface area contributed by atoms with Gasteiger partial charge in [0.25, 0.3) is 11.7 Å². The summed E-state index contributed by atoms with van der Waals surface area (Å²) >= 11 is 0. The van der Waals surface area contributed by atoms with Gasteiger partial charge >= 0.3 is 0 Å². The van der Waals surface area contributed by atoms with Gasteiger partial charge in [-0.05, 0) is 74.4 Å². The summed E-state index contributed by atoms with van der Waals surface area (Å²) in [5.41, 5.74) is 2.36. The fraction of sp³-hybridized carbons (Fsp3) is 0.276. The second-order valence-electron chi connectivity index (χ2n) is 9.04. The molecule has 2 aromatic carbocycles. The molecule has 0 spiro atoms. The molecule has 1 amide bonds. The minimum Gasteiger partial charge on any atom is -0.507 e. The number of hydrogen-bond acceptors (Lipinski definition) is 7. The number of rotatable bonds is 8. The summed E-state index contributed by atoms with van der Waals surface area (Å²) in [5.74, 6) is -0.153. The van der Waals surface area contributed by atoms with E-state index in [-0.39, 0.29) is 24.0 Å². The number of aromatic nitrogens is 1. The third kappa shape index (κ3) is 5.14. The molecule has 4 rings (SSSR count). The van der Waals surface area contributed by atoms with Crippen molar-refractivity contribution >= 4 is 17.4 Å². The third-order valence-corrected chi connectivity index (χ3v) is 6.17. The topological polar surface area (TPSA) is 98.2 Å². The number of aryl methyl sites for hydroxylation is 1. The summed E-state index contributed by atoms with van der Waals surface area (Å²) < 4.78 is 16.8. The molecule has 1 atom stereocenters. The van der Waals surface area contributed by atoms with Crippen molar-refractivity contribution < 1.29 is 28.9 Å². The SMILES string of the molecule is COc1ccc(OC)c(C2/C(=C(/O)c3ccc(OC(C)C)cc3C)C(=O)C(=O)N2Cc2cccnc2)c1. The van der Waals surface area contributed by atoms with Crippen LogP contribution in [0, 0.1) is 6.92 Å². The minimum atomic E-state index is -0.920. The van der Waals surface area contributed by atoms with Crippen molar-refractivity contribution in [3.05, 3.63) is 88.8 Å². The van der Waals surface area contributed by atoms with Gasteiger partial charge in [-0.15, -0.1) is 0 Å². The van der Waals surface area contributed by atoms with Crippen LogP contribution in [0.5, 0.6) is 17.2 Å². The van der Waals surface area contributed by atoms with Crippen LogP contribution in [0.3, 0.4) is 0 Å². The molecule has 1 aromatic heterocycles. The predicted molar refractivity (Wildman–Crippen MR) is 139 cm³/mol. The highest BCUT2D eigenvalue weighted by Crippen LogP contribution is 2.45. The number of hydrogen-bond donors (Lipinski definition) is 1. The fourth-order valence-electron chi connectivity index (χ4n) is 4.50. The van der Waals surface area contributed by atoms with Crippen LogP contribution < -0.4 is 14.2 Å². The quantitative estimate of drug-likeness (QED) is 0.268. The van der Waals surface area contributed by atoms with E-state index in [1.807, 2.05) is 26.8 Å². The average Bonchev–Trinajstić information content (AvgIpc) is 3.13. The number of carbonyl (C=O) groups excluding carboxylic acids is 2. The molecule has 0 saturated carbocycles. The molecule has 0 aliphatic carbocycles. The standard InChI is InChI=1S/C29H30N2O6/c1-17(2)37-21-8-10-22(18(3)13-21)27(32)25-26(23-14-20(35-4)9-11-24(23)36-5)31(29(34)28(25)33)16-19-7-6-12-30-15-19/h6-15,17,26,32H,16H2,1-5H3/b27-25-. The van der Waals surface area contributed by atoms with Gasteiger partial charge in [0.2, 0.25) is 0 Å².